The van der Waals surface area contributed by atoms with Crippen molar-refractivity contribution < 1.29 is 9.47 Å². The van der Waals surface area contributed by atoms with E-state index in [-0.39, 0.29) is 0 Å². The first kappa shape index (κ1) is 46.6. The molecule has 7 aromatic heterocycles. The number of aryl methyl sites for hydroxylation is 4. The van der Waals surface area contributed by atoms with Crippen molar-refractivity contribution in [3.63, 3.8) is 0 Å². The highest BCUT2D eigenvalue weighted by atomic mass is 16.5. The number of para-hydroxylation sites is 6. The van der Waals surface area contributed by atoms with E-state index in [0.717, 1.165) is 122 Å². The number of rotatable bonds is 10. The summed E-state index contributed by atoms with van der Waals surface area (Å²) in [6.07, 6.45) is 7.34. The molecular weight excluding hydrogens is 989 g/mol. The Morgan fingerprint density at radius 2 is 0.775 bits per heavy atom. The Hall–Kier alpha value is -10.7. The Labute approximate surface area is 459 Å². The van der Waals surface area contributed by atoms with Gasteiger partial charge in [0, 0.05) is 71.3 Å². The normalized spacial score (nSPS) is 11.8. The van der Waals surface area contributed by atoms with E-state index in [1.54, 1.807) is 0 Å². The molecule has 0 saturated carbocycles. The third kappa shape index (κ3) is 7.75. The molecule has 15 rings (SSSR count). The van der Waals surface area contributed by atoms with Crippen LogP contribution in [0.5, 0.6) is 23.0 Å². The zero-order chi connectivity index (χ0) is 53.6. The van der Waals surface area contributed by atoms with Crippen LogP contribution >= 0.6 is 0 Å². The molecule has 0 radical (unpaired) electrons. The highest BCUT2D eigenvalue weighted by Gasteiger charge is 2.22. The van der Waals surface area contributed by atoms with Gasteiger partial charge in [0.1, 0.15) is 46.3 Å². The van der Waals surface area contributed by atoms with Crippen LogP contribution in [0, 0.1) is 13.8 Å². The van der Waals surface area contributed by atoms with Crippen molar-refractivity contribution in [2.45, 2.75) is 13.8 Å². The molecule has 382 valence electrons. The van der Waals surface area contributed by atoms with Gasteiger partial charge in [0.25, 0.3) is 0 Å². The quantitative estimate of drug-likeness (QED) is 0.133. The maximum atomic E-state index is 7.04. The average molecular weight is 1040 g/mol. The number of nitrogens with zero attached hydrogens (tertiary/aromatic N) is 10. The maximum absolute atomic E-state index is 7.04. The van der Waals surface area contributed by atoms with E-state index in [4.69, 9.17) is 39.4 Å². The summed E-state index contributed by atoms with van der Waals surface area (Å²) in [6.45, 7) is 4.17. The maximum Gasteiger partial charge on any atom is 0.144 e. The molecule has 0 spiro atoms. The van der Waals surface area contributed by atoms with E-state index >= 15 is 0 Å². The predicted molar refractivity (Wildman–Crippen MR) is 319 cm³/mol. The smallest absolute Gasteiger partial charge is 0.144 e. The van der Waals surface area contributed by atoms with Crippen LogP contribution in [-0.2, 0) is 14.1 Å². The van der Waals surface area contributed by atoms with Gasteiger partial charge in [-0.15, -0.1) is 0 Å². The predicted octanol–water partition coefficient (Wildman–Crippen LogP) is 16.1. The van der Waals surface area contributed by atoms with Gasteiger partial charge >= 0.3 is 0 Å². The lowest BCUT2D eigenvalue weighted by Gasteiger charge is -2.15. The van der Waals surface area contributed by atoms with Crippen LogP contribution in [0.25, 0.3) is 123 Å². The molecule has 7 heterocycles. The molecule has 0 atom stereocenters. The third-order valence-electron chi connectivity index (χ3n) is 15.3. The lowest BCUT2D eigenvalue weighted by molar-refractivity contribution is 0.484. The molecule has 0 N–H and O–H groups in total. The molecule has 0 bridgehead atoms. The number of imidazole rings is 2. The summed E-state index contributed by atoms with van der Waals surface area (Å²) in [6, 6.07) is 66.2. The molecule has 0 aliphatic rings. The number of aromatic nitrogens is 10. The van der Waals surface area contributed by atoms with E-state index in [1.807, 2.05) is 112 Å². The van der Waals surface area contributed by atoms with Gasteiger partial charge in [-0.25, -0.2) is 19.9 Å². The van der Waals surface area contributed by atoms with Gasteiger partial charge in [0.15, 0.2) is 0 Å². The van der Waals surface area contributed by atoms with Crippen molar-refractivity contribution in [3.8, 4) is 79.9 Å². The SMILES string of the molecule is Cc1ccnc(-n2c3ccccc3c3ccc(Oc4cc(-c5cnc(-c6ccc(-c7nc8ccccc8n7C)c(Oc7ccc8c9ccccc9n(-c9cc(C)ccn9)c8c7)c6)cn5)ccc4-c4nc5ccccc5n4C)cc32)c1. The van der Waals surface area contributed by atoms with Crippen LogP contribution in [0.2, 0.25) is 0 Å². The number of hydrogen-bond acceptors (Lipinski definition) is 8. The molecule has 0 aliphatic carbocycles. The highest BCUT2D eigenvalue weighted by Crippen LogP contribution is 2.43. The second-order valence-electron chi connectivity index (χ2n) is 20.3. The van der Waals surface area contributed by atoms with Gasteiger partial charge in [0.2, 0.25) is 0 Å². The second-order valence-corrected chi connectivity index (χ2v) is 20.3. The second kappa shape index (κ2) is 18.5. The van der Waals surface area contributed by atoms with Gasteiger partial charge in [0.05, 0.1) is 79.0 Å². The Bertz CT molecular complexity index is 4660. The fraction of sp³-hybridized carbons (Fsp3) is 0.0588. The van der Waals surface area contributed by atoms with Crippen molar-refractivity contribution >= 4 is 65.7 Å². The van der Waals surface area contributed by atoms with Crippen LogP contribution in [0.15, 0.2) is 219 Å². The summed E-state index contributed by atoms with van der Waals surface area (Å²) >= 11 is 0. The van der Waals surface area contributed by atoms with Gasteiger partial charge < -0.3 is 18.6 Å². The minimum absolute atomic E-state index is 0.621. The molecule has 12 heteroatoms. The first-order valence-corrected chi connectivity index (χ1v) is 26.5. The monoisotopic (exact) mass is 1040 g/mol. The van der Waals surface area contributed by atoms with Crippen LogP contribution in [0.3, 0.4) is 0 Å². The molecule has 80 heavy (non-hydrogen) atoms. The Kier molecular flexibility index (Phi) is 10.8. The summed E-state index contributed by atoms with van der Waals surface area (Å²) in [4.78, 5) is 30.0. The molecule has 0 aliphatic heterocycles. The highest BCUT2D eigenvalue weighted by molar-refractivity contribution is 6.10. The van der Waals surface area contributed by atoms with Crippen molar-refractivity contribution in [2.24, 2.45) is 14.1 Å². The average Bonchev–Trinajstić information content (AvgIpc) is 4.40. The van der Waals surface area contributed by atoms with E-state index in [0.29, 0.717) is 34.4 Å². The van der Waals surface area contributed by atoms with Gasteiger partial charge in [-0.2, -0.15) is 0 Å². The molecule has 0 unspecified atom stereocenters. The molecule has 0 fully saturated rings. The molecular formula is C68H48N10O2. The van der Waals surface area contributed by atoms with E-state index < -0.39 is 0 Å². The molecule has 8 aromatic carbocycles. The lowest BCUT2D eigenvalue weighted by atomic mass is 10.1. The summed E-state index contributed by atoms with van der Waals surface area (Å²) in [5.74, 6) is 5.81. The zero-order valence-corrected chi connectivity index (χ0v) is 44.1. The fourth-order valence-corrected chi connectivity index (χ4v) is 11.4. The van der Waals surface area contributed by atoms with Gasteiger partial charge in [-0.05, 0) is 134 Å². The fourth-order valence-electron chi connectivity index (χ4n) is 11.4. The van der Waals surface area contributed by atoms with Crippen LogP contribution in [0.1, 0.15) is 11.1 Å². The van der Waals surface area contributed by atoms with Crippen LogP contribution in [0.4, 0.5) is 0 Å². The van der Waals surface area contributed by atoms with Crippen LogP contribution in [-0.4, -0.2) is 48.2 Å². The molecule has 0 amide bonds. The summed E-state index contributed by atoms with van der Waals surface area (Å²) in [5, 5.41) is 4.48. The number of hydrogen-bond donors (Lipinski definition) is 0. The van der Waals surface area contributed by atoms with Gasteiger partial charge in [-0.1, -0.05) is 72.8 Å². The van der Waals surface area contributed by atoms with Crippen molar-refractivity contribution in [3.05, 3.63) is 230 Å². The van der Waals surface area contributed by atoms with Gasteiger partial charge in [-0.3, -0.25) is 19.1 Å². The Morgan fingerprint density at radius 1 is 0.362 bits per heavy atom. The minimum Gasteiger partial charge on any atom is -0.456 e. The topological polar surface area (TPSA) is 116 Å². The zero-order valence-electron chi connectivity index (χ0n) is 44.1. The first-order chi connectivity index (χ1) is 39.3. The lowest BCUT2D eigenvalue weighted by Crippen LogP contribution is -1.99. The summed E-state index contributed by atoms with van der Waals surface area (Å²) < 4.78 is 22.7. The molecule has 15 aromatic rings. The number of pyridine rings is 2. The van der Waals surface area contributed by atoms with E-state index in [9.17, 15) is 0 Å². The standard InChI is InChI=1S/C68H48N10O2/c1-41-29-31-69-65(33-41)77-57-17-9-5-13-47(57)49-27-23-45(37-61(49)77)79-63-35-43(21-25-51(63)67-73-53-15-7-11-19-59(53)75(67)3)55-39-72-56(40-71-55)44-22-26-52(68-74-54-16-8-12-20-60(54)76(68)4)64(36-44)80-46-24-28-50-48-14-6-10-18-58(48)78(62(50)38-46)66-34-42(2)30-32-70-66/h5-40H,1-4H3. The molecule has 0 saturated heterocycles. The number of ether oxygens (including phenoxy) is 2. The van der Waals surface area contributed by atoms with E-state index in [1.165, 1.54) is 0 Å². The Balaban J connectivity index is 0.820. The number of benzene rings is 8. The van der Waals surface area contributed by atoms with Crippen molar-refractivity contribution in [1.82, 2.24) is 48.2 Å². The van der Waals surface area contributed by atoms with Crippen molar-refractivity contribution in [1.29, 1.82) is 0 Å². The molecule has 12 nitrogen and oxygen atoms in total. The third-order valence-corrected chi connectivity index (χ3v) is 15.3. The number of fused-ring (bicyclic) bond motifs is 8. The summed E-state index contributed by atoms with van der Waals surface area (Å²) in [5.41, 5.74) is 14.9. The largest absolute Gasteiger partial charge is 0.456 e. The van der Waals surface area contributed by atoms with Crippen LogP contribution < -0.4 is 9.47 Å². The minimum atomic E-state index is 0.621. The Morgan fingerprint density at radius 3 is 1.20 bits per heavy atom. The van der Waals surface area contributed by atoms with Crippen molar-refractivity contribution in [2.75, 3.05) is 0 Å². The summed E-state index contributed by atoms with van der Waals surface area (Å²) in [7, 11) is 4.08. The van der Waals surface area contributed by atoms with E-state index in [2.05, 4.69) is 153 Å². The first-order valence-electron chi connectivity index (χ1n) is 26.5.